The lowest BCUT2D eigenvalue weighted by molar-refractivity contribution is -0.124. The van der Waals surface area contributed by atoms with Crippen molar-refractivity contribution in [3.8, 4) is 0 Å². The van der Waals surface area contributed by atoms with E-state index < -0.39 is 30.9 Å². The predicted molar refractivity (Wildman–Crippen MR) is 92.7 cm³/mol. The van der Waals surface area contributed by atoms with Gasteiger partial charge in [-0.05, 0) is 25.8 Å². The van der Waals surface area contributed by atoms with Crippen molar-refractivity contribution >= 4 is 19.6 Å². The highest BCUT2D eigenvalue weighted by Gasteiger charge is 2.40. The lowest BCUT2D eigenvalue weighted by Crippen LogP contribution is -2.53. The van der Waals surface area contributed by atoms with Gasteiger partial charge >= 0.3 is 13.7 Å². The zero-order valence-electron chi connectivity index (χ0n) is 14.6. The van der Waals surface area contributed by atoms with Gasteiger partial charge in [0.05, 0.1) is 0 Å². The Hall–Kier alpha value is -1.89. The lowest BCUT2D eigenvalue weighted by atomic mass is 10.1. The minimum atomic E-state index is -4.54. The maximum Gasteiger partial charge on any atom is 0.408 e. The summed E-state index contributed by atoms with van der Waals surface area (Å²) in [5.41, 5.74) is 0.803. The van der Waals surface area contributed by atoms with Gasteiger partial charge in [0, 0.05) is 0 Å². The Labute approximate surface area is 147 Å². The van der Waals surface area contributed by atoms with Gasteiger partial charge in [-0.2, -0.15) is 0 Å². The van der Waals surface area contributed by atoms with Gasteiger partial charge in [-0.1, -0.05) is 43.7 Å². The molecule has 0 radical (unpaired) electrons. The number of hydrogen-bond acceptors (Lipinski definition) is 4. The van der Waals surface area contributed by atoms with E-state index in [2.05, 4.69) is 10.6 Å². The van der Waals surface area contributed by atoms with E-state index in [4.69, 9.17) is 4.74 Å². The zero-order valence-corrected chi connectivity index (χ0v) is 15.5. The number of nitrogens with one attached hydrogen (secondary N) is 2. The van der Waals surface area contributed by atoms with E-state index in [1.165, 1.54) is 13.8 Å². The highest BCUT2D eigenvalue weighted by Crippen LogP contribution is 2.48. The molecule has 8 nitrogen and oxygen atoms in total. The molecule has 1 aromatic carbocycles. The highest BCUT2D eigenvalue weighted by atomic mass is 31.2. The van der Waals surface area contributed by atoms with Crippen LogP contribution in [0.4, 0.5) is 4.79 Å². The normalized spacial score (nSPS) is 13.0. The van der Waals surface area contributed by atoms with E-state index in [9.17, 15) is 23.9 Å². The maximum atomic E-state index is 12.3. The first-order valence-corrected chi connectivity index (χ1v) is 9.53. The summed E-state index contributed by atoms with van der Waals surface area (Å²) in [6.45, 7) is 4.33. The molecule has 1 aromatic rings. The Morgan fingerprint density at radius 2 is 1.84 bits per heavy atom. The Kier molecular flexibility index (Phi) is 7.60. The fraction of sp³-hybridized carbons (Fsp3) is 0.500. The number of hydrogen-bond donors (Lipinski definition) is 4. The molecule has 0 unspecified atom stereocenters. The van der Waals surface area contributed by atoms with Crippen LogP contribution in [-0.4, -0.2) is 33.1 Å². The summed E-state index contributed by atoms with van der Waals surface area (Å²) < 4.78 is 16.5. The molecule has 0 saturated heterocycles. The van der Waals surface area contributed by atoms with Gasteiger partial charge < -0.3 is 25.2 Å². The number of carbonyl (C=O) groups excluding carboxylic acids is 2. The summed E-state index contributed by atoms with van der Waals surface area (Å²) in [6.07, 6.45) is 0.128. The van der Waals surface area contributed by atoms with Crippen LogP contribution in [0.15, 0.2) is 30.3 Å². The molecule has 0 spiro atoms. The summed E-state index contributed by atoms with van der Waals surface area (Å²) >= 11 is 0. The first-order valence-electron chi connectivity index (χ1n) is 7.91. The number of benzene rings is 1. The average molecular weight is 372 g/mol. The first kappa shape index (κ1) is 21.2. The fourth-order valence-corrected chi connectivity index (χ4v) is 2.18. The Morgan fingerprint density at radius 1 is 1.24 bits per heavy atom. The van der Waals surface area contributed by atoms with Crippen LogP contribution in [0.1, 0.15) is 39.2 Å². The van der Waals surface area contributed by atoms with Crippen LogP contribution in [0.2, 0.25) is 0 Å². The number of alkyl carbamates (subject to hydrolysis) is 1. The topological polar surface area (TPSA) is 125 Å². The number of ether oxygens (including phenoxy) is 1. The molecule has 1 atom stereocenters. The van der Waals surface area contributed by atoms with E-state index in [1.807, 2.05) is 25.1 Å². The third-order valence-electron chi connectivity index (χ3n) is 3.56. The molecule has 140 valence electrons. The van der Waals surface area contributed by atoms with Gasteiger partial charge in [-0.15, -0.1) is 0 Å². The average Bonchev–Trinajstić information content (AvgIpc) is 2.52. The van der Waals surface area contributed by atoms with Crippen molar-refractivity contribution in [2.45, 2.75) is 51.5 Å². The predicted octanol–water partition coefficient (Wildman–Crippen LogP) is 2.11. The van der Waals surface area contributed by atoms with Gasteiger partial charge in [0.2, 0.25) is 5.91 Å². The molecule has 2 amide bonds. The van der Waals surface area contributed by atoms with E-state index in [-0.39, 0.29) is 6.61 Å². The second-order valence-electron chi connectivity index (χ2n) is 6.14. The molecule has 0 heterocycles. The van der Waals surface area contributed by atoms with Crippen molar-refractivity contribution in [2.24, 2.45) is 0 Å². The van der Waals surface area contributed by atoms with Crippen molar-refractivity contribution in [1.29, 1.82) is 0 Å². The molecular weight excluding hydrogens is 347 g/mol. The highest BCUT2D eigenvalue weighted by molar-refractivity contribution is 7.53. The van der Waals surface area contributed by atoms with E-state index in [0.29, 0.717) is 12.8 Å². The van der Waals surface area contributed by atoms with Crippen LogP contribution >= 0.6 is 7.60 Å². The summed E-state index contributed by atoms with van der Waals surface area (Å²) in [7, 11) is -4.54. The number of rotatable bonds is 8. The van der Waals surface area contributed by atoms with Crippen molar-refractivity contribution in [3.05, 3.63) is 35.9 Å². The van der Waals surface area contributed by atoms with Crippen molar-refractivity contribution in [2.75, 3.05) is 0 Å². The van der Waals surface area contributed by atoms with Gasteiger partial charge in [-0.25, -0.2) is 4.79 Å². The van der Waals surface area contributed by atoms with E-state index in [1.54, 1.807) is 12.1 Å². The van der Waals surface area contributed by atoms with Crippen LogP contribution in [-0.2, 0) is 20.7 Å². The molecule has 0 aliphatic rings. The molecule has 0 saturated carbocycles. The third kappa shape index (κ3) is 6.86. The molecule has 0 aliphatic heterocycles. The SMILES string of the molecule is CCC[C@H](NC(=O)OCc1ccccc1)C(=O)NC(C)(C)P(=O)(O)O. The second kappa shape index (κ2) is 8.99. The Morgan fingerprint density at radius 3 is 2.36 bits per heavy atom. The number of carbonyl (C=O) groups is 2. The second-order valence-corrected chi connectivity index (χ2v) is 8.35. The maximum absolute atomic E-state index is 12.3. The van der Waals surface area contributed by atoms with Crippen molar-refractivity contribution in [1.82, 2.24) is 10.6 Å². The quantitative estimate of drug-likeness (QED) is 0.518. The van der Waals surface area contributed by atoms with Crippen LogP contribution in [0.5, 0.6) is 0 Å². The minimum absolute atomic E-state index is 0.0567. The monoisotopic (exact) mass is 372 g/mol. The van der Waals surface area contributed by atoms with Gasteiger partial charge in [0.15, 0.2) is 0 Å². The van der Waals surface area contributed by atoms with E-state index >= 15 is 0 Å². The first-order chi connectivity index (χ1) is 11.6. The van der Waals surface area contributed by atoms with Crippen LogP contribution in [0.25, 0.3) is 0 Å². The molecule has 9 heteroatoms. The summed E-state index contributed by atoms with van der Waals surface area (Å²) in [6, 6.07) is 8.12. The molecule has 0 aromatic heterocycles. The molecule has 4 N–H and O–H groups in total. The number of amides is 2. The molecule has 25 heavy (non-hydrogen) atoms. The smallest absolute Gasteiger partial charge is 0.408 e. The van der Waals surface area contributed by atoms with Gasteiger partial charge in [0.25, 0.3) is 0 Å². The minimum Gasteiger partial charge on any atom is -0.445 e. The Balaban J connectivity index is 2.64. The Bertz CT molecular complexity index is 629. The van der Waals surface area contributed by atoms with Gasteiger partial charge in [-0.3, -0.25) is 9.36 Å². The molecule has 0 aliphatic carbocycles. The third-order valence-corrected chi connectivity index (χ3v) is 5.12. The summed E-state index contributed by atoms with van der Waals surface area (Å²) in [5, 5.41) is 2.99. The lowest BCUT2D eigenvalue weighted by Gasteiger charge is -2.29. The zero-order chi connectivity index (χ0) is 19.1. The van der Waals surface area contributed by atoms with Crippen molar-refractivity contribution in [3.63, 3.8) is 0 Å². The van der Waals surface area contributed by atoms with Crippen LogP contribution in [0.3, 0.4) is 0 Å². The van der Waals surface area contributed by atoms with E-state index in [0.717, 1.165) is 5.56 Å². The molecule has 0 fully saturated rings. The largest absolute Gasteiger partial charge is 0.445 e. The summed E-state index contributed by atoms with van der Waals surface area (Å²) in [4.78, 5) is 42.7. The van der Waals surface area contributed by atoms with Crippen molar-refractivity contribution < 1.29 is 28.7 Å². The molecule has 1 rings (SSSR count). The molecule has 0 bridgehead atoms. The summed E-state index contributed by atoms with van der Waals surface area (Å²) in [5.74, 6) is -0.674. The van der Waals surface area contributed by atoms with Crippen LogP contribution < -0.4 is 10.6 Å². The standard InChI is InChI=1S/C16H25N2O6P/c1-4-8-13(14(19)18-16(2,3)25(21,22)23)17-15(20)24-11-12-9-6-5-7-10-12/h5-7,9-10,13H,4,8,11H2,1-3H3,(H,17,20)(H,18,19)(H2,21,22,23)/t13-/m0/s1. The molecular formula is C16H25N2O6P. The van der Waals surface area contributed by atoms with Crippen LogP contribution in [0, 0.1) is 0 Å². The van der Waals surface area contributed by atoms with Gasteiger partial charge in [0.1, 0.15) is 17.9 Å². The fourth-order valence-electron chi connectivity index (χ4n) is 1.93.